The molecule has 0 saturated heterocycles. The highest BCUT2D eigenvalue weighted by Gasteiger charge is 2.31. The largest absolute Gasteiger partial charge is 0.383 e. The first-order valence-corrected chi connectivity index (χ1v) is 9.60. The topological polar surface area (TPSA) is 87.7 Å². The second kappa shape index (κ2) is 8.34. The van der Waals surface area contributed by atoms with Crippen LogP contribution in [0.25, 0.3) is 10.8 Å². The Morgan fingerprint density at radius 1 is 1.00 bits per heavy atom. The highest BCUT2D eigenvalue weighted by atomic mass is 16.5. The average molecular weight is 403 g/mol. The summed E-state index contributed by atoms with van der Waals surface area (Å²) in [7, 11) is 1.55. The molecule has 0 saturated carbocycles. The van der Waals surface area contributed by atoms with E-state index in [1.54, 1.807) is 37.4 Å². The van der Waals surface area contributed by atoms with Crippen molar-refractivity contribution in [3.63, 3.8) is 0 Å². The summed E-state index contributed by atoms with van der Waals surface area (Å²) in [6.07, 6.45) is 0. The Morgan fingerprint density at radius 3 is 2.57 bits per heavy atom. The van der Waals surface area contributed by atoms with Gasteiger partial charge in [-0.15, -0.1) is 0 Å². The normalized spacial score (nSPS) is 12.3. The maximum atomic E-state index is 12.9. The number of carbonyl (C=O) groups excluding carboxylic acids is 3. The van der Waals surface area contributed by atoms with Gasteiger partial charge in [0.05, 0.1) is 23.5 Å². The number of nitrogens with one attached hydrogen (secondary N) is 2. The predicted octanol–water partition coefficient (Wildman–Crippen LogP) is 2.81. The van der Waals surface area contributed by atoms with Crippen LogP contribution in [0.2, 0.25) is 0 Å². The zero-order valence-corrected chi connectivity index (χ0v) is 16.5. The minimum absolute atomic E-state index is 0.147. The Morgan fingerprint density at radius 2 is 1.77 bits per heavy atom. The molecular formula is C23H21N3O4. The molecule has 0 atom stereocenters. The van der Waals surface area contributed by atoms with E-state index in [1.165, 1.54) is 4.90 Å². The van der Waals surface area contributed by atoms with Crippen molar-refractivity contribution in [3.05, 3.63) is 71.8 Å². The number of para-hydroxylation sites is 1. The fraction of sp³-hybridized carbons (Fsp3) is 0.174. The number of methoxy groups -OCH3 is 1. The van der Waals surface area contributed by atoms with Crippen LogP contribution in [0, 0.1) is 0 Å². The third-order valence-corrected chi connectivity index (χ3v) is 4.99. The lowest BCUT2D eigenvalue weighted by Gasteiger charge is -2.18. The van der Waals surface area contributed by atoms with Crippen LogP contribution in [0.5, 0.6) is 0 Å². The molecule has 1 aliphatic rings. The van der Waals surface area contributed by atoms with Crippen molar-refractivity contribution < 1.29 is 19.1 Å². The number of rotatable bonds is 7. The zero-order valence-electron chi connectivity index (χ0n) is 16.5. The Kier molecular flexibility index (Phi) is 5.45. The van der Waals surface area contributed by atoms with E-state index in [4.69, 9.17) is 4.74 Å². The highest BCUT2D eigenvalue weighted by molar-refractivity contribution is 6.26. The van der Waals surface area contributed by atoms with Gasteiger partial charge in [-0.25, -0.2) is 0 Å². The molecule has 4 rings (SSSR count). The monoisotopic (exact) mass is 403 g/mol. The maximum Gasteiger partial charge on any atom is 0.259 e. The second-order valence-corrected chi connectivity index (χ2v) is 6.91. The van der Waals surface area contributed by atoms with Gasteiger partial charge in [-0.1, -0.05) is 36.4 Å². The Balaban J connectivity index is 1.51. The van der Waals surface area contributed by atoms with Crippen LogP contribution in [-0.2, 0) is 9.53 Å². The molecule has 7 heteroatoms. The SMILES string of the molecule is COCCNC(=O)c1ccccc1NC(=O)CN1C(=O)c2cccc3cccc1c23. The van der Waals surface area contributed by atoms with E-state index >= 15 is 0 Å². The molecule has 0 unspecified atom stereocenters. The lowest BCUT2D eigenvalue weighted by molar-refractivity contribution is -0.114. The number of hydrogen-bond donors (Lipinski definition) is 2. The predicted molar refractivity (Wildman–Crippen MR) is 115 cm³/mol. The smallest absolute Gasteiger partial charge is 0.259 e. The number of nitrogens with zero attached hydrogens (tertiary/aromatic N) is 1. The van der Waals surface area contributed by atoms with Crippen LogP contribution >= 0.6 is 0 Å². The van der Waals surface area contributed by atoms with Crippen LogP contribution in [0.3, 0.4) is 0 Å². The van der Waals surface area contributed by atoms with Crippen molar-refractivity contribution in [1.82, 2.24) is 5.32 Å². The number of ether oxygens (including phenoxy) is 1. The van der Waals surface area contributed by atoms with E-state index in [0.29, 0.717) is 35.7 Å². The molecule has 0 spiro atoms. The summed E-state index contributed by atoms with van der Waals surface area (Å²) < 4.78 is 4.94. The van der Waals surface area contributed by atoms with E-state index in [1.807, 2.05) is 30.3 Å². The molecule has 0 radical (unpaired) electrons. The molecule has 30 heavy (non-hydrogen) atoms. The molecule has 0 aliphatic carbocycles. The van der Waals surface area contributed by atoms with Gasteiger partial charge in [-0.3, -0.25) is 19.3 Å². The lowest BCUT2D eigenvalue weighted by atomic mass is 10.1. The standard InChI is InChI=1S/C23H21N3O4/c1-30-13-12-24-22(28)16-8-2-3-10-18(16)25-20(27)14-26-19-11-5-7-15-6-4-9-17(21(15)19)23(26)29/h2-11H,12-14H2,1H3,(H,24,28)(H,25,27). The van der Waals surface area contributed by atoms with Gasteiger partial charge in [-0.05, 0) is 29.7 Å². The lowest BCUT2D eigenvalue weighted by Crippen LogP contribution is -2.36. The quantitative estimate of drug-likeness (QED) is 0.594. The number of amides is 3. The molecule has 1 aliphatic heterocycles. The van der Waals surface area contributed by atoms with Gasteiger partial charge in [0.1, 0.15) is 6.54 Å². The summed E-state index contributed by atoms with van der Waals surface area (Å²) >= 11 is 0. The molecule has 3 aromatic carbocycles. The van der Waals surface area contributed by atoms with Crippen molar-refractivity contribution in [1.29, 1.82) is 0 Å². The minimum Gasteiger partial charge on any atom is -0.383 e. The number of anilines is 2. The highest BCUT2D eigenvalue weighted by Crippen LogP contribution is 2.36. The first-order chi connectivity index (χ1) is 14.6. The van der Waals surface area contributed by atoms with Gasteiger partial charge in [0, 0.05) is 24.6 Å². The van der Waals surface area contributed by atoms with E-state index in [0.717, 1.165) is 10.8 Å². The molecule has 3 amide bonds. The van der Waals surface area contributed by atoms with E-state index in [9.17, 15) is 14.4 Å². The third kappa shape index (κ3) is 3.62. The van der Waals surface area contributed by atoms with Crippen molar-refractivity contribution >= 4 is 39.9 Å². The molecule has 3 aromatic rings. The fourth-order valence-electron chi connectivity index (χ4n) is 3.62. The van der Waals surface area contributed by atoms with E-state index in [-0.39, 0.29) is 24.3 Å². The minimum atomic E-state index is -0.384. The summed E-state index contributed by atoms with van der Waals surface area (Å²) in [5, 5.41) is 7.32. The zero-order chi connectivity index (χ0) is 21.1. The van der Waals surface area contributed by atoms with Crippen molar-refractivity contribution in [2.24, 2.45) is 0 Å². The molecule has 0 bridgehead atoms. The molecule has 1 heterocycles. The second-order valence-electron chi connectivity index (χ2n) is 6.91. The first kappa shape index (κ1) is 19.6. The summed E-state index contributed by atoms with van der Waals surface area (Å²) in [6.45, 7) is 0.609. The van der Waals surface area contributed by atoms with Gasteiger partial charge in [0.2, 0.25) is 5.91 Å². The van der Waals surface area contributed by atoms with Gasteiger partial charge in [-0.2, -0.15) is 0 Å². The Labute approximate surface area is 173 Å². The molecule has 0 aromatic heterocycles. The molecule has 2 N–H and O–H groups in total. The van der Waals surface area contributed by atoms with Gasteiger partial charge >= 0.3 is 0 Å². The molecule has 7 nitrogen and oxygen atoms in total. The summed E-state index contributed by atoms with van der Waals surface area (Å²) in [5.41, 5.74) is 2.04. The van der Waals surface area contributed by atoms with Crippen LogP contribution in [0.1, 0.15) is 20.7 Å². The average Bonchev–Trinajstić information content (AvgIpc) is 3.02. The first-order valence-electron chi connectivity index (χ1n) is 9.60. The van der Waals surface area contributed by atoms with Crippen LogP contribution in [-0.4, -0.2) is 44.5 Å². The number of carbonyl (C=O) groups is 3. The molecule has 152 valence electrons. The van der Waals surface area contributed by atoms with E-state index < -0.39 is 0 Å². The van der Waals surface area contributed by atoms with Gasteiger partial charge < -0.3 is 15.4 Å². The Bertz CT molecular complexity index is 1140. The maximum absolute atomic E-state index is 12.9. The van der Waals surface area contributed by atoms with E-state index in [2.05, 4.69) is 10.6 Å². The number of hydrogen-bond acceptors (Lipinski definition) is 4. The Hall–Kier alpha value is -3.71. The van der Waals surface area contributed by atoms with Crippen molar-refractivity contribution in [2.45, 2.75) is 0 Å². The van der Waals surface area contributed by atoms with Crippen molar-refractivity contribution in [3.8, 4) is 0 Å². The fourth-order valence-corrected chi connectivity index (χ4v) is 3.62. The van der Waals surface area contributed by atoms with Gasteiger partial charge in [0.25, 0.3) is 11.8 Å². The number of benzene rings is 3. The summed E-state index contributed by atoms with van der Waals surface area (Å²) in [5.74, 6) is -0.898. The summed E-state index contributed by atoms with van der Waals surface area (Å²) in [4.78, 5) is 39.5. The summed E-state index contributed by atoms with van der Waals surface area (Å²) in [6, 6.07) is 17.9. The van der Waals surface area contributed by atoms with Crippen molar-refractivity contribution in [2.75, 3.05) is 37.0 Å². The van der Waals surface area contributed by atoms with Crippen LogP contribution in [0.4, 0.5) is 11.4 Å². The van der Waals surface area contributed by atoms with Gasteiger partial charge in [0.15, 0.2) is 0 Å². The molecule has 0 fully saturated rings. The third-order valence-electron chi connectivity index (χ3n) is 4.99. The molecular weight excluding hydrogens is 382 g/mol. The van der Waals surface area contributed by atoms with Crippen LogP contribution in [0.15, 0.2) is 60.7 Å². The van der Waals surface area contributed by atoms with Crippen LogP contribution < -0.4 is 15.5 Å².